The number of nitrogens with one attached hydrogen (secondary N) is 1. The van der Waals surface area contributed by atoms with Crippen molar-refractivity contribution in [3.63, 3.8) is 0 Å². The van der Waals surface area contributed by atoms with Crippen LogP contribution in [0.25, 0.3) is 0 Å². The number of hydrogen-bond acceptors (Lipinski definition) is 4. The van der Waals surface area contributed by atoms with Gasteiger partial charge in [0.05, 0.1) is 11.9 Å². The van der Waals surface area contributed by atoms with E-state index in [2.05, 4.69) is 5.32 Å². The van der Waals surface area contributed by atoms with Crippen molar-refractivity contribution in [2.45, 2.75) is 50.7 Å². The third kappa shape index (κ3) is 8.05. The van der Waals surface area contributed by atoms with Gasteiger partial charge in [0.2, 0.25) is 21.8 Å². The van der Waals surface area contributed by atoms with Crippen LogP contribution in [0.5, 0.6) is 0 Å². The Labute approximate surface area is 240 Å². The van der Waals surface area contributed by atoms with Crippen molar-refractivity contribution < 1.29 is 22.4 Å². The van der Waals surface area contributed by atoms with Crippen LogP contribution >= 0.6 is 11.6 Å². The molecule has 0 radical (unpaired) electrons. The molecule has 0 bridgehead atoms. The Hall–Kier alpha value is -3.43. The molecule has 7 nitrogen and oxygen atoms in total. The summed E-state index contributed by atoms with van der Waals surface area (Å²) in [6.45, 7) is -0.493. The lowest BCUT2D eigenvalue weighted by atomic mass is 10.0. The van der Waals surface area contributed by atoms with Gasteiger partial charge in [0.25, 0.3) is 0 Å². The summed E-state index contributed by atoms with van der Waals surface area (Å²) in [7, 11) is -3.92. The minimum atomic E-state index is -3.92. The normalized spacial score (nSPS) is 14.5. The fourth-order valence-electron chi connectivity index (χ4n) is 4.93. The van der Waals surface area contributed by atoms with E-state index in [4.69, 9.17) is 11.6 Å². The van der Waals surface area contributed by atoms with Gasteiger partial charge in [-0.2, -0.15) is 0 Å². The third-order valence-corrected chi connectivity index (χ3v) is 8.43. The van der Waals surface area contributed by atoms with E-state index < -0.39 is 34.3 Å². The first-order valence-electron chi connectivity index (χ1n) is 13.2. The predicted molar refractivity (Wildman–Crippen MR) is 155 cm³/mol. The summed E-state index contributed by atoms with van der Waals surface area (Å²) in [5.41, 5.74) is 1.75. The van der Waals surface area contributed by atoms with Gasteiger partial charge in [-0.25, -0.2) is 12.8 Å². The van der Waals surface area contributed by atoms with E-state index >= 15 is 0 Å². The second-order valence-electron chi connectivity index (χ2n) is 10.1. The average molecular weight is 586 g/mol. The molecule has 10 heteroatoms. The van der Waals surface area contributed by atoms with E-state index in [-0.39, 0.29) is 30.6 Å². The van der Waals surface area contributed by atoms with E-state index in [0.717, 1.165) is 59.5 Å². The zero-order chi connectivity index (χ0) is 28.7. The van der Waals surface area contributed by atoms with Gasteiger partial charge in [0, 0.05) is 24.0 Å². The van der Waals surface area contributed by atoms with Crippen molar-refractivity contribution in [3.05, 3.63) is 101 Å². The first-order chi connectivity index (χ1) is 19.1. The summed E-state index contributed by atoms with van der Waals surface area (Å²) in [5, 5.41) is 3.65. The summed E-state index contributed by atoms with van der Waals surface area (Å²) in [6, 6.07) is 20.3. The number of rotatable bonds is 11. The lowest BCUT2D eigenvalue weighted by Gasteiger charge is -2.34. The Bertz CT molecular complexity index is 1400. The topological polar surface area (TPSA) is 86.8 Å². The van der Waals surface area contributed by atoms with Crippen molar-refractivity contribution >= 4 is 39.1 Å². The molecule has 3 aromatic carbocycles. The minimum Gasteiger partial charge on any atom is -0.352 e. The van der Waals surface area contributed by atoms with E-state index in [1.54, 1.807) is 24.3 Å². The molecular weight excluding hydrogens is 553 g/mol. The molecule has 40 heavy (non-hydrogen) atoms. The molecule has 0 aliphatic heterocycles. The Kier molecular flexibility index (Phi) is 9.81. The van der Waals surface area contributed by atoms with Crippen LogP contribution < -0.4 is 9.62 Å². The van der Waals surface area contributed by atoms with E-state index in [9.17, 15) is 22.4 Å². The van der Waals surface area contributed by atoms with Gasteiger partial charge in [0.1, 0.15) is 18.4 Å². The summed E-state index contributed by atoms with van der Waals surface area (Å²) in [5.74, 6) is -1.38. The number of amides is 2. The van der Waals surface area contributed by atoms with Gasteiger partial charge < -0.3 is 10.2 Å². The highest BCUT2D eigenvalue weighted by Crippen LogP contribution is 2.23. The maximum atomic E-state index is 14.0. The second kappa shape index (κ2) is 13.3. The van der Waals surface area contributed by atoms with Gasteiger partial charge in [0.15, 0.2) is 0 Å². The van der Waals surface area contributed by atoms with Crippen LogP contribution in [0.1, 0.15) is 36.8 Å². The Morgan fingerprint density at radius 2 is 1.57 bits per heavy atom. The molecule has 0 unspecified atom stereocenters. The maximum Gasteiger partial charge on any atom is 0.244 e. The van der Waals surface area contributed by atoms with Gasteiger partial charge >= 0.3 is 0 Å². The lowest BCUT2D eigenvalue weighted by molar-refractivity contribution is -0.140. The lowest BCUT2D eigenvalue weighted by Crippen LogP contribution is -2.54. The molecule has 2 amide bonds. The number of hydrogen-bond donors (Lipinski definition) is 1. The van der Waals surface area contributed by atoms with Gasteiger partial charge in [-0.15, -0.1) is 0 Å². The van der Waals surface area contributed by atoms with Crippen molar-refractivity contribution in [3.8, 4) is 0 Å². The first-order valence-corrected chi connectivity index (χ1v) is 15.4. The Morgan fingerprint density at radius 3 is 2.17 bits per heavy atom. The molecule has 4 rings (SSSR count). The maximum absolute atomic E-state index is 14.0. The van der Waals surface area contributed by atoms with Crippen molar-refractivity contribution in [1.29, 1.82) is 0 Å². The average Bonchev–Trinajstić information content (AvgIpc) is 3.44. The summed E-state index contributed by atoms with van der Waals surface area (Å²) in [4.78, 5) is 29.2. The number of carbonyl (C=O) groups is 2. The molecule has 0 aromatic heterocycles. The van der Waals surface area contributed by atoms with Crippen molar-refractivity contribution in [2.75, 3.05) is 17.1 Å². The molecular formula is C30H33ClFN3O4S. The van der Waals surface area contributed by atoms with Crippen LogP contribution in [0.3, 0.4) is 0 Å². The van der Waals surface area contributed by atoms with Crippen LogP contribution in [0, 0.1) is 5.82 Å². The third-order valence-electron chi connectivity index (χ3n) is 7.03. The second-order valence-corrected chi connectivity index (χ2v) is 12.4. The fourth-order valence-corrected chi connectivity index (χ4v) is 5.90. The number of carbonyl (C=O) groups excluding carboxylic acids is 2. The molecule has 0 spiro atoms. The molecule has 0 heterocycles. The molecule has 0 saturated heterocycles. The highest BCUT2D eigenvalue weighted by Gasteiger charge is 2.34. The quantitative estimate of drug-likeness (QED) is 0.345. The van der Waals surface area contributed by atoms with Crippen LogP contribution in [-0.4, -0.2) is 50.0 Å². The zero-order valence-corrected chi connectivity index (χ0v) is 23.9. The molecule has 1 N–H and O–H groups in total. The summed E-state index contributed by atoms with van der Waals surface area (Å²) < 4.78 is 40.0. The first kappa shape index (κ1) is 29.6. The van der Waals surface area contributed by atoms with Crippen LogP contribution in [0.15, 0.2) is 78.9 Å². The van der Waals surface area contributed by atoms with Crippen LogP contribution in [0.4, 0.5) is 10.1 Å². The molecule has 1 fully saturated rings. The summed E-state index contributed by atoms with van der Waals surface area (Å²) in [6.07, 6.45) is 5.05. The SMILES string of the molecule is CS(=O)(=O)N(CC(=O)N(Cc1ccc(Cl)cc1)[C@@H](Cc1ccccc1)C(=O)NC1CCCC1)c1ccc(F)cc1. The smallest absolute Gasteiger partial charge is 0.244 e. The Balaban J connectivity index is 1.71. The minimum absolute atomic E-state index is 0.0324. The van der Waals surface area contributed by atoms with Gasteiger partial charge in [-0.1, -0.05) is 66.9 Å². The number of benzene rings is 3. The van der Waals surface area contributed by atoms with Crippen molar-refractivity contribution in [2.24, 2.45) is 0 Å². The number of halogens is 2. The van der Waals surface area contributed by atoms with Crippen LogP contribution in [-0.2, 0) is 32.6 Å². The van der Waals surface area contributed by atoms with E-state index in [0.29, 0.717) is 5.02 Å². The monoisotopic (exact) mass is 585 g/mol. The van der Waals surface area contributed by atoms with Crippen LogP contribution in [0.2, 0.25) is 5.02 Å². The van der Waals surface area contributed by atoms with E-state index in [1.165, 1.54) is 17.0 Å². The number of nitrogens with zero attached hydrogens (tertiary/aromatic N) is 2. The number of anilines is 1. The molecule has 1 atom stereocenters. The number of sulfonamides is 1. The predicted octanol–water partition coefficient (Wildman–Crippen LogP) is 4.94. The fraction of sp³-hybridized carbons (Fsp3) is 0.333. The molecule has 1 aliphatic carbocycles. The van der Waals surface area contributed by atoms with Gasteiger partial charge in [-0.3, -0.25) is 13.9 Å². The van der Waals surface area contributed by atoms with Gasteiger partial charge in [-0.05, 0) is 60.4 Å². The molecule has 1 aliphatic rings. The zero-order valence-electron chi connectivity index (χ0n) is 22.3. The standard InChI is InChI=1S/C30H33ClFN3O4S/c1-40(38,39)35(27-17-15-25(32)16-18-27)21-29(36)34(20-23-11-13-24(31)14-12-23)28(19-22-7-3-2-4-8-22)30(37)33-26-9-5-6-10-26/h2-4,7-8,11-18,26,28H,5-6,9-10,19-21H2,1H3,(H,33,37)/t28-/m0/s1. The molecule has 212 valence electrons. The highest BCUT2D eigenvalue weighted by molar-refractivity contribution is 7.92. The highest BCUT2D eigenvalue weighted by atomic mass is 35.5. The van der Waals surface area contributed by atoms with Crippen molar-refractivity contribution in [1.82, 2.24) is 10.2 Å². The van der Waals surface area contributed by atoms with E-state index in [1.807, 2.05) is 30.3 Å². The Morgan fingerprint density at radius 1 is 0.950 bits per heavy atom. The summed E-state index contributed by atoms with van der Waals surface area (Å²) >= 11 is 6.08. The molecule has 1 saturated carbocycles. The molecule has 3 aromatic rings. The largest absolute Gasteiger partial charge is 0.352 e.